The summed E-state index contributed by atoms with van der Waals surface area (Å²) in [4.78, 5) is 21.1. The maximum atomic E-state index is 10.6. The van der Waals surface area contributed by atoms with Gasteiger partial charge in [-0.1, -0.05) is 0 Å². The zero-order valence-electron chi connectivity index (χ0n) is 6.36. The van der Waals surface area contributed by atoms with E-state index in [2.05, 4.69) is 7.64 Å². The van der Waals surface area contributed by atoms with Crippen LogP contribution in [0, 0.1) is 0 Å². The molecule has 12 heavy (non-hydrogen) atoms. The fourth-order valence-corrected chi connectivity index (χ4v) is 1.01. The van der Waals surface area contributed by atoms with Crippen molar-refractivity contribution in [3.63, 3.8) is 0 Å². The predicted molar refractivity (Wildman–Crippen MR) is 45.0 cm³/mol. The first-order chi connectivity index (χ1) is 5.70. The molecule has 0 aliphatic carbocycles. The monoisotopic (exact) mass is 306 g/mol. The van der Waals surface area contributed by atoms with Gasteiger partial charge in [0.15, 0.2) is 0 Å². The van der Waals surface area contributed by atoms with E-state index in [9.17, 15) is 9.59 Å². The predicted octanol–water partition coefficient (Wildman–Crippen LogP) is -0.735. The molecule has 0 fully saturated rings. The molecule has 6 heteroatoms. The topological polar surface area (TPSA) is 52.6 Å². The van der Waals surface area contributed by atoms with Crippen LogP contribution in [-0.2, 0) is 17.2 Å². The van der Waals surface area contributed by atoms with Crippen molar-refractivity contribution in [3.8, 4) is 0 Å². The molecule has 0 rings (SSSR count). The van der Waals surface area contributed by atoms with Crippen LogP contribution in [0.1, 0.15) is 25.7 Å². The average molecular weight is 304 g/mol. The van der Waals surface area contributed by atoms with E-state index in [1.807, 2.05) is 0 Å². The van der Waals surface area contributed by atoms with Crippen LogP contribution >= 0.6 is 0 Å². The third-order valence-corrected chi connectivity index (χ3v) is 2.07. The number of rotatable bonds is 5. The number of hydrogen-bond donors (Lipinski definition) is 0. The Bertz CT molecular complexity index is 142. The molecule has 0 radical (unpaired) electrons. The fraction of sp³-hybridized carbons (Fsp3) is 0.667. The molecule has 0 aromatic rings. The van der Waals surface area contributed by atoms with Crippen molar-refractivity contribution in [2.24, 2.45) is 0 Å². The molecule has 0 spiro atoms. The molecule has 0 unspecified atom stereocenters. The molecule has 0 aliphatic heterocycles. The van der Waals surface area contributed by atoms with Gasteiger partial charge in [0.1, 0.15) is 0 Å². The molecule has 0 aromatic carbocycles. The average Bonchev–Trinajstić information content (AvgIpc) is 2.11. The van der Waals surface area contributed by atoms with E-state index >= 15 is 0 Å². The number of hydrogen-bond acceptors (Lipinski definition) is 4. The second-order valence-electron chi connectivity index (χ2n) is 2.13. The Morgan fingerprint density at radius 2 is 1.25 bits per heavy atom. The molecule has 0 saturated heterocycles. The number of unbranched alkanes of at least 4 members (excludes halogenated alkanes) is 1. The molecule has 4 nitrogen and oxygen atoms in total. The quantitative estimate of drug-likeness (QED) is 0.496. The summed E-state index contributed by atoms with van der Waals surface area (Å²) >= 11 is 3.51. The van der Waals surface area contributed by atoms with Gasteiger partial charge in [-0.25, -0.2) is 0 Å². The summed E-state index contributed by atoms with van der Waals surface area (Å²) < 4.78 is 8.73. The normalized spacial score (nSPS) is 9.17. The van der Waals surface area contributed by atoms with Gasteiger partial charge in [-0.3, -0.25) is 0 Å². The Morgan fingerprint density at radius 1 is 0.917 bits per heavy atom. The molecule has 0 amide bonds. The third kappa shape index (κ3) is 6.67. The van der Waals surface area contributed by atoms with Gasteiger partial charge in [0.25, 0.3) is 0 Å². The van der Waals surface area contributed by atoms with Crippen LogP contribution in [0.15, 0.2) is 0 Å². The van der Waals surface area contributed by atoms with E-state index in [4.69, 9.17) is 0 Å². The number of carbonyl (C=O) groups is 2. The molecule has 0 aromatic heterocycles. The molecule has 0 aliphatic rings. The molecular weight excluding hydrogens is 294 g/mol. The van der Waals surface area contributed by atoms with Crippen LogP contribution in [0.2, 0.25) is 0 Å². The molecule has 0 bridgehead atoms. The van der Waals surface area contributed by atoms with Gasteiger partial charge in [0, 0.05) is 0 Å². The summed E-state index contributed by atoms with van der Waals surface area (Å²) in [5, 5.41) is 0. The van der Waals surface area contributed by atoms with Crippen molar-refractivity contribution >= 4 is 44.6 Å². The Kier molecular flexibility index (Phi) is 7.61. The van der Waals surface area contributed by atoms with Gasteiger partial charge in [-0.05, 0) is 0 Å². The Morgan fingerprint density at radius 3 is 1.50 bits per heavy atom. The van der Waals surface area contributed by atoms with Crippen molar-refractivity contribution in [3.05, 3.63) is 0 Å². The van der Waals surface area contributed by atoms with Crippen LogP contribution in [0.5, 0.6) is 0 Å². The van der Waals surface area contributed by atoms with Crippen molar-refractivity contribution in [1.82, 2.24) is 0 Å². The van der Waals surface area contributed by atoms with Crippen LogP contribution in [-0.4, -0.2) is 44.6 Å². The summed E-state index contributed by atoms with van der Waals surface area (Å²) in [7, 11) is 0. The van der Waals surface area contributed by atoms with Crippen molar-refractivity contribution in [2.75, 3.05) is 0 Å². The molecule has 0 atom stereocenters. The Hall–Kier alpha value is -0.0210. The summed E-state index contributed by atoms with van der Waals surface area (Å²) in [5.41, 5.74) is 0. The third-order valence-electron chi connectivity index (χ3n) is 1.22. The fourth-order valence-electron chi connectivity index (χ4n) is 0.630. The molecule has 70 valence electrons. The SMILES string of the molecule is O=C(CCCCC(=O)O[SeH])O[SeH]. The van der Waals surface area contributed by atoms with E-state index in [1.54, 1.807) is 32.7 Å². The Balaban J connectivity index is 3.21. The van der Waals surface area contributed by atoms with E-state index in [1.165, 1.54) is 0 Å². The van der Waals surface area contributed by atoms with Crippen LogP contribution in [0.25, 0.3) is 0 Å². The summed E-state index contributed by atoms with van der Waals surface area (Å²) in [5.74, 6) is -0.536. The minimum absolute atomic E-state index is 0.268. The second kappa shape index (κ2) is 7.62. The van der Waals surface area contributed by atoms with Gasteiger partial charge in [-0.15, -0.1) is 0 Å². The van der Waals surface area contributed by atoms with Gasteiger partial charge in [0.05, 0.1) is 0 Å². The van der Waals surface area contributed by atoms with E-state index < -0.39 is 0 Å². The second-order valence-corrected chi connectivity index (χ2v) is 2.90. The Labute approximate surface area is 87.6 Å². The maximum absolute atomic E-state index is 10.6. The zero-order chi connectivity index (χ0) is 9.40. The first-order valence-electron chi connectivity index (χ1n) is 3.39. The van der Waals surface area contributed by atoms with E-state index in [0.29, 0.717) is 25.7 Å². The summed E-state index contributed by atoms with van der Waals surface area (Å²) in [6.45, 7) is 0. The van der Waals surface area contributed by atoms with Crippen molar-refractivity contribution < 1.29 is 17.2 Å². The minimum atomic E-state index is -0.268. The van der Waals surface area contributed by atoms with Gasteiger partial charge >= 0.3 is 87.5 Å². The van der Waals surface area contributed by atoms with Crippen LogP contribution < -0.4 is 0 Å². The van der Waals surface area contributed by atoms with Crippen molar-refractivity contribution in [2.45, 2.75) is 25.7 Å². The van der Waals surface area contributed by atoms with Crippen LogP contribution in [0.3, 0.4) is 0 Å². The molecule has 0 saturated carbocycles. The van der Waals surface area contributed by atoms with Crippen molar-refractivity contribution in [1.29, 1.82) is 0 Å². The van der Waals surface area contributed by atoms with E-state index in [-0.39, 0.29) is 11.9 Å². The first-order valence-corrected chi connectivity index (χ1v) is 4.92. The summed E-state index contributed by atoms with van der Waals surface area (Å²) in [6.07, 6.45) is 2.00. The number of carbonyl (C=O) groups excluding carboxylic acids is 2. The summed E-state index contributed by atoms with van der Waals surface area (Å²) in [6, 6.07) is 0. The first kappa shape index (κ1) is 12.0. The zero-order valence-corrected chi connectivity index (χ0v) is 10.1. The van der Waals surface area contributed by atoms with Gasteiger partial charge in [-0.2, -0.15) is 0 Å². The van der Waals surface area contributed by atoms with Gasteiger partial charge < -0.3 is 0 Å². The molecule has 0 N–H and O–H groups in total. The molecular formula is C6H10O4Se2. The standard InChI is InChI=1S/C6H10O4Se2/c7-5(9-11)3-1-2-4-6(8)10-12/h11-12H,1-4H2. The van der Waals surface area contributed by atoms with E-state index in [0.717, 1.165) is 0 Å². The van der Waals surface area contributed by atoms with Crippen LogP contribution in [0.4, 0.5) is 0 Å². The van der Waals surface area contributed by atoms with Gasteiger partial charge in [0.2, 0.25) is 0 Å². The molecule has 0 heterocycles.